The number of hydrogen-bond donors (Lipinski definition) is 1. The van der Waals surface area contributed by atoms with Crippen molar-refractivity contribution in [2.75, 3.05) is 0 Å². The lowest BCUT2D eigenvalue weighted by molar-refractivity contribution is -0.118. The maximum absolute atomic E-state index is 4.51. The number of nitrogens with zero attached hydrogens (tertiary/aromatic N) is 1. The van der Waals surface area contributed by atoms with Gasteiger partial charge in [0, 0.05) is 23.2 Å². The summed E-state index contributed by atoms with van der Waals surface area (Å²) in [5, 5.41) is 5.28. The summed E-state index contributed by atoms with van der Waals surface area (Å²) in [5.41, 5.74) is 1.62. The van der Waals surface area contributed by atoms with Crippen LogP contribution < -0.4 is 5.32 Å². The lowest BCUT2D eigenvalue weighted by atomic mass is 9.43. The lowest BCUT2D eigenvalue weighted by Gasteiger charge is -2.65. The van der Waals surface area contributed by atoms with Crippen LogP contribution in [0, 0.1) is 16.7 Å². The summed E-state index contributed by atoms with van der Waals surface area (Å²) >= 11 is 1.89. The molecule has 3 heteroatoms. The molecular formula is C18H28N2S. The molecule has 1 aromatic heterocycles. The molecule has 2 nitrogen and oxygen atoms in total. The molecule has 21 heavy (non-hydrogen) atoms. The molecular weight excluding hydrogens is 276 g/mol. The third-order valence-electron chi connectivity index (χ3n) is 6.17. The zero-order valence-corrected chi connectivity index (χ0v) is 14.5. The van der Waals surface area contributed by atoms with Gasteiger partial charge in [0.1, 0.15) is 0 Å². The van der Waals surface area contributed by atoms with Crippen LogP contribution in [0.1, 0.15) is 69.2 Å². The molecule has 4 aliphatic carbocycles. The van der Waals surface area contributed by atoms with E-state index in [1.807, 2.05) is 11.3 Å². The molecule has 0 saturated heterocycles. The number of hydrogen-bond acceptors (Lipinski definition) is 3. The van der Waals surface area contributed by atoms with Gasteiger partial charge in [0.25, 0.3) is 0 Å². The van der Waals surface area contributed by atoms with E-state index in [1.165, 1.54) is 48.4 Å². The van der Waals surface area contributed by atoms with E-state index in [1.54, 1.807) is 0 Å². The van der Waals surface area contributed by atoms with Crippen molar-refractivity contribution in [1.82, 2.24) is 10.3 Å². The van der Waals surface area contributed by atoms with E-state index in [0.717, 1.165) is 18.9 Å². The van der Waals surface area contributed by atoms with Crippen LogP contribution in [0.4, 0.5) is 0 Å². The number of thiazole rings is 1. The first kappa shape index (κ1) is 14.2. The molecule has 0 aromatic carbocycles. The zero-order valence-electron chi connectivity index (χ0n) is 13.7. The van der Waals surface area contributed by atoms with Crippen molar-refractivity contribution in [3.05, 3.63) is 16.1 Å². The molecule has 116 valence electrons. The van der Waals surface area contributed by atoms with Crippen molar-refractivity contribution >= 4 is 11.3 Å². The molecule has 4 bridgehead atoms. The monoisotopic (exact) mass is 304 g/mol. The smallest absolute Gasteiger partial charge is 0.0925 e. The normalized spacial score (nSPS) is 44.4. The fourth-order valence-corrected chi connectivity index (χ4v) is 7.31. The van der Waals surface area contributed by atoms with Crippen LogP contribution >= 0.6 is 11.3 Å². The number of aryl methyl sites for hydroxylation is 1. The van der Waals surface area contributed by atoms with Gasteiger partial charge >= 0.3 is 0 Å². The maximum Gasteiger partial charge on any atom is 0.0925 e. The Balaban J connectivity index is 1.51. The summed E-state index contributed by atoms with van der Waals surface area (Å²) in [7, 11) is 0. The minimum absolute atomic E-state index is 0.416. The first-order valence-corrected chi connectivity index (χ1v) is 9.42. The molecule has 4 fully saturated rings. The van der Waals surface area contributed by atoms with Crippen molar-refractivity contribution in [2.45, 2.75) is 77.8 Å². The van der Waals surface area contributed by atoms with Gasteiger partial charge in [-0.3, -0.25) is 0 Å². The average Bonchev–Trinajstić information content (AvgIpc) is 2.80. The topological polar surface area (TPSA) is 24.9 Å². The quantitative estimate of drug-likeness (QED) is 0.883. The molecule has 1 heterocycles. The molecule has 0 spiro atoms. The highest BCUT2D eigenvalue weighted by molar-refractivity contribution is 7.11. The fourth-order valence-electron chi connectivity index (χ4n) is 6.51. The number of nitrogens with one attached hydrogen (secondary N) is 1. The third kappa shape index (κ3) is 2.46. The van der Waals surface area contributed by atoms with Crippen molar-refractivity contribution in [3.63, 3.8) is 0 Å². The summed E-state index contributed by atoms with van der Waals surface area (Å²) < 4.78 is 0. The van der Waals surface area contributed by atoms with E-state index >= 15 is 0 Å². The SMILES string of the molecule is CCc1ncc(CNC23CC4CC(C)(CC(C)(C4)C2)C3)s1. The van der Waals surface area contributed by atoms with E-state index in [-0.39, 0.29) is 0 Å². The third-order valence-corrected chi connectivity index (χ3v) is 7.31. The van der Waals surface area contributed by atoms with E-state index in [2.05, 4.69) is 37.3 Å². The Bertz CT molecular complexity index is 531. The summed E-state index contributed by atoms with van der Waals surface area (Å²) in [5.74, 6) is 0.969. The minimum Gasteiger partial charge on any atom is -0.306 e. The second-order valence-electron chi connectivity index (χ2n) is 8.84. The molecule has 0 radical (unpaired) electrons. The summed E-state index contributed by atoms with van der Waals surface area (Å²) in [6, 6.07) is 0. The molecule has 2 unspecified atom stereocenters. The van der Waals surface area contributed by atoms with Crippen molar-refractivity contribution in [3.8, 4) is 0 Å². The molecule has 5 rings (SSSR count). The van der Waals surface area contributed by atoms with Gasteiger partial charge in [-0.2, -0.15) is 0 Å². The van der Waals surface area contributed by atoms with Crippen LogP contribution in [0.5, 0.6) is 0 Å². The Morgan fingerprint density at radius 3 is 2.48 bits per heavy atom. The van der Waals surface area contributed by atoms with Gasteiger partial charge in [0.05, 0.1) is 5.01 Å². The van der Waals surface area contributed by atoms with Crippen molar-refractivity contribution in [2.24, 2.45) is 16.7 Å². The van der Waals surface area contributed by atoms with Crippen LogP contribution in [0.25, 0.3) is 0 Å². The molecule has 4 saturated carbocycles. The van der Waals surface area contributed by atoms with Gasteiger partial charge in [-0.25, -0.2) is 4.98 Å². The van der Waals surface area contributed by atoms with Crippen LogP contribution in [0.2, 0.25) is 0 Å². The van der Waals surface area contributed by atoms with Crippen LogP contribution in [-0.2, 0) is 13.0 Å². The Labute approximate surface area is 132 Å². The fraction of sp³-hybridized carbons (Fsp3) is 0.833. The second kappa shape index (κ2) is 4.55. The molecule has 0 amide bonds. The second-order valence-corrected chi connectivity index (χ2v) is 10.0. The van der Waals surface area contributed by atoms with Gasteiger partial charge in [-0.1, -0.05) is 20.8 Å². The number of aromatic nitrogens is 1. The number of rotatable bonds is 4. The zero-order chi connectivity index (χ0) is 14.7. The van der Waals surface area contributed by atoms with Gasteiger partial charge in [0.15, 0.2) is 0 Å². The Hall–Kier alpha value is -0.410. The molecule has 1 aromatic rings. The van der Waals surface area contributed by atoms with E-state index in [4.69, 9.17) is 0 Å². The van der Waals surface area contributed by atoms with Crippen LogP contribution in [0.15, 0.2) is 6.20 Å². The van der Waals surface area contributed by atoms with Crippen molar-refractivity contribution in [1.29, 1.82) is 0 Å². The lowest BCUT2D eigenvalue weighted by Crippen LogP contribution is -2.63. The van der Waals surface area contributed by atoms with Gasteiger partial charge in [0.2, 0.25) is 0 Å². The standard InChI is InChI=1S/C18H28N2S/c1-4-15-19-8-14(21-15)9-20-18-7-13-5-16(2,11-18)10-17(3,6-13)12-18/h8,13,20H,4-7,9-12H2,1-3H3. The first-order chi connectivity index (χ1) is 9.92. The summed E-state index contributed by atoms with van der Waals surface area (Å²) in [6.07, 6.45) is 11.8. The largest absolute Gasteiger partial charge is 0.306 e. The Kier molecular flexibility index (Phi) is 3.07. The van der Waals surface area contributed by atoms with E-state index in [0.29, 0.717) is 16.4 Å². The highest BCUT2D eigenvalue weighted by atomic mass is 32.1. The van der Waals surface area contributed by atoms with Crippen molar-refractivity contribution < 1.29 is 0 Å². The first-order valence-electron chi connectivity index (χ1n) is 8.60. The Morgan fingerprint density at radius 1 is 1.19 bits per heavy atom. The van der Waals surface area contributed by atoms with E-state index < -0.39 is 0 Å². The Morgan fingerprint density at radius 2 is 1.90 bits per heavy atom. The highest BCUT2D eigenvalue weighted by Gasteiger charge is 2.59. The summed E-state index contributed by atoms with van der Waals surface area (Å²) in [4.78, 5) is 5.92. The molecule has 1 N–H and O–H groups in total. The molecule has 4 aliphatic rings. The van der Waals surface area contributed by atoms with Crippen LogP contribution in [-0.4, -0.2) is 10.5 Å². The summed E-state index contributed by atoms with van der Waals surface area (Å²) in [6.45, 7) is 8.31. The predicted molar refractivity (Wildman–Crippen MR) is 88.5 cm³/mol. The average molecular weight is 305 g/mol. The van der Waals surface area contributed by atoms with Gasteiger partial charge in [-0.15, -0.1) is 11.3 Å². The predicted octanol–water partition coefficient (Wildman–Crippen LogP) is 4.54. The minimum atomic E-state index is 0.416. The van der Waals surface area contributed by atoms with Crippen LogP contribution in [0.3, 0.4) is 0 Å². The highest BCUT2D eigenvalue weighted by Crippen LogP contribution is 2.66. The maximum atomic E-state index is 4.51. The van der Waals surface area contributed by atoms with E-state index in [9.17, 15) is 0 Å². The van der Waals surface area contributed by atoms with Gasteiger partial charge < -0.3 is 5.32 Å². The molecule has 2 atom stereocenters. The molecule has 0 aliphatic heterocycles. The van der Waals surface area contributed by atoms with Gasteiger partial charge in [-0.05, 0) is 61.7 Å².